The van der Waals surface area contributed by atoms with Crippen LogP contribution < -0.4 is 5.32 Å². The summed E-state index contributed by atoms with van der Waals surface area (Å²) in [6.07, 6.45) is 0.418. The number of esters is 1. The number of carbonyl (C=O) groups excluding carboxylic acids is 2. The maximum absolute atomic E-state index is 11.2. The summed E-state index contributed by atoms with van der Waals surface area (Å²) in [7, 11) is 0. The molecule has 1 N–H and O–H groups in total. The van der Waals surface area contributed by atoms with Crippen molar-refractivity contribution in [1.29, 1.82) is 0 Å². The predicted octanol–water partition coefficient (Wildman–Crippen LogP) is 1.71. The molecule has 0 fully saturated rings. The van der Waals surface area contributed by atoms with Crippen molar-refractivity contribution in [3.8, 4) is 0 Å². The first kappa shape index (κ1) is 9.71. The van der Waals surface area contributed by atoms with E-state index < -0.39 is 0 Å². The zero-order valence-electron chi connectivity index (χ0n) is 8.37. The van der Waals surface area contributed by atoms with Gasteiger partial charge in [-0.05, 0) is 12.1 Å². The van der Waals surface area contributed by atoms with Crippen LogP contribution in [0.15, 0.2) is 18.2 Å². The largest absolute Gasteiger partial charge is 0.457 e. The first-order chi connectivity index (χ1) is 7.20. The van der Waals surface area contributed by atoms with E-state index in [4.69, 9.17) is 4.74 Å². The second-order valence-electron chi connectivity index (χ2n) is 3.35. The van der Waals surface area contributed by atoms with Crippen LogP contribution in [0.4, 0.5) is 5.69 Å². The molecule has 0 atom stereocenters. The summed E-state index contributed by atoms with van der Waals surface area (Å²) in [6, 6.07) is 5.22. The molecular weight excluding hydrogens is 194 g/mol. The van der Waals surface area contributed by atoms with Crippen LogP contribution in [-0.4, -0.2) is 11.9 Å². The van der Waals surface area contributed by atoms with Crippen molar-refractivity contribution in [2.75, 3.05) is 5.32 Å². The fourth-order valence-electron chi connectivity index (χ4n) is 1.44. The van der Waals surface area contributed by atoms with Crippen LogP contribution >= 0.6 is 0 Å². The van der Waals surface area contributed by atoms with Gasteiger partial charge in [-0.25, -0.2) is 4.79 Å². The van der Waals surface area contributed by atoms with E-state index in [1.807, 2.05) is 0 Å². The number of rotatable bonds is 2. The van der Waals surface area contributed by atoms with Crippen LogP contribution in [0.3, 0.4) is 0 Å². The number of hydrogen-bond acceptors (Lipinski definition) is 3. The minimum Gasteiger partial charge on any atom is -0.457 e. The van der Waals surface area contributed by atoms with E-state index in [9.17, 15) is 9.59 Å². The normalized spacial score (nSPS) is 13.3. The number of anilines is 1. The van der Waals surface area contributed by atoms with Crippen LogP contribution in [0.2, 0.25) is 0 Å². The number of benzene rings is 1. The van der Waals surface area contributed by atoms with Gasteiger partial charge in [0.2, 0.25) is 5.91 Å². The monoisotopic (exact) mass is 205 g/mol. The van der Waals surface area contributed by atoms with Gasteiger partial charge in [0.05, 0.1) is 5.56 Å². The summed E-state index contributed by atoms with van der Waals surface area (Å²) < 4.78 is 4.86. The van der Waals surface area contributed by atoms with Gasteiger partial charge in [-0.15, -0.1) is 0 Å². The topological polar surface area (TPSA) is 55.4 Å². The molecular formula is C11H11NO3. The van der Waals surface area contributed by atoms with Crippen molar-refractivity contribution in [3.05, 3.63) is 29.3 Å². The molecule has 1 aromatic rings. The third-order valence-corrected chi connectivity index (χ3v) is 2.29. The number of nitrogens with one attached hydrogen (secondary N) is 1. The van der Waals surface area contributed by atoms with E-state index in [-0.39, 0.29) is 11.9 Å². The molecule has 1 amide bonds. The molecule has 0 bridgehead atoms. The van der Waals surface area contributed by atoms with E-state index in [1.165, 1.54) is 0 Å². The molecule has 1 aromatic carbocycles. The lowest BCUT2D eigenvalue weighted by Crippen LogP contribution is -2.09. The van der Waals surface area contributed by atoms with E-state index in [2.05, 4.69) is 5.32 Å². The number of ether oxygens (including phenoxy) is 1. The van der Waals surface area contributed by atoms with Gasteiger partial charge in [0.1, 0.15) is 6.61 Å². The Labute approximate surface area is 87.2 Å². The molecule has 0 spiro atoms. The van der Waals surface area contributed by atoms with E-state index in [1.54, 1.807) is 25.1 Å². The van der Waals surface area contributed by atoms with E-state index in [0.717, 1.165) is 5.56 Å². The van der Waals surface area contributed by atoms with Gasteiger partial charge < -0.3 is 10.1 Å². The quantitative estimate of drug-likeness (QED) is 0.748. The Kier molecular flexibility index (Phi) is 2.41. The average molecular weight is 205 g/mol. The zero-order valence-corrected chi connectivity index (χ0v) is 8.37. The molecule has 0 saturated heterocycles. The van der Waals surface area contributed by atoms with Crippen LogP contribution in [0, 0.1) is 0 Å². The highest BCUT2D eigenvalue weighted by molar-refractivity contribution is 5.96. The number of cyclic esters (lactones) is 1. The number of fused-ring (bicyclic) bond motifs is 1. The summed E-state index contributed by atoms with van der Waals surface area (Å²) in [5.41, 5.74) is 2.05. The molecule has 78 valence electrons. The fourth-order valence-corrected chi connectivity index (χ4v) is 1.44. The molecule has 0 radical (unpaired) electrons. The number of amides is 1. The second kappa shape index (κ2) is 3.73. The molecule has 0 aliphatic carbocycles. The SMILES string of the molecule is CCC(=O)Nc1ccc2c(c1)C(=O)OC2. The smallest absolute Gasteiger partial charge is 0.338 e. The van der Waals surface area contributed by atoms with Crippen LogP contribution in [0.5, 0.6) is 0 Å². The van der Waals surface area contributed by atoms with Gasteiger partial charge in [0.15, 0.2) is 0 Å². The molecule has 4 nitrogen and oxygen atoms in total. The lowest BCUT2D eigenvalue weighted by Gasteiger charge is -2.03. The molecule has 1 aliphatic heterocycles. The van der Waals surface area contributed by atoms with Crippen molar-refractivity contribution in [2.45, 2.75) is 20.0 Å². The molecule has 1 heterocycles. The molecule has 0 aromatic heterocycles. The molecule has 0 unspecified atom stereocenters. The Balaban J connectivity index is 2.25. The van der Waals surface area contributed by atoms with Gasteiger partial charge in [-0.1, -0.05) is 13.0 Å². The van der Waals surface area contributed by atoms with Crippen molar-refractivity contribution in [2.24, 2.45) is 0 Å². The van der Waals surface area contributed by atoms with E-state index in [0.29, 0.717) is 24.3 Å². The van der Waals surface area contributed by atoms with Gasteiger partial charge in [0, 0.05) is 17.7 Å². The van der Waals surface area contributed by atoms with Gasteiger partial charge in [-0.2, -0.15) is 0 Å². The molecule has 1 aliphatic rings. The minimum absolute atomic E-state index is 0.0682. The van der Waals surface area contributed by atoms with Crippen LogP contribution in [-0.2, 0) is 16.1 Å². The maximum Gasteiger partial charge on any atom is 0.338 e. The lowest BCUT2D eigenvalue weighted by molar-refractivity contribution is -0.115. The van der Waals surface area contributed by atoms with Gasteiger partial charge in [-0.3, -0.25) is 4.79 Å². The Hall–Kier alpha value is -1.84. The summed E-state index contributed by atoms with van der Waals surface area (Å²) in [4.78, 5) is 22.4. The minimum atomic E-state index is -0.322. The first-order valence-corrected chi connectivity index (χ1v) is 4.80. The third-order valence-electron chi connectivity index (χ3n) is 2.29. The molecule has 2 rings (SSSR count). The average Bonchev–Trinajstić information content (AvgIpc) is 2.60. The standard InChI is InChI=1S/C11H11NO3/c1-2-10(13)12-8-4-3-7-6-15-11(14)9(7)5-8/h3-5H,2,6H2,1H3,(H,12,13). The Bertz CT molecular complexity index is 426. The fraction of sp³-hybridized carbons (Fsp3) is 0.273. The van der Waals surface area contributed by atoms with E-state index >= 15 is 0 Å². The van der Waals surface area contributed by atoms with Crippen LogP contribution in [0.1, 0.15) is 29.3 Å². The second-order valence-corrected chi connectivity index (χ2v) is 3.35. The Morgan fingerprint density at radius 1 is 1.53 bits per heavy atom. The predicted molar refractivity (Wildman–Crippen MR) is 54.5 cm³/mol. The van der Waals surface area contributed by atoms with Crippen LogP contribution in [0.25, 0.3) is 0 Å². The third kappa shape index (κ3) is 1.83. The van der Waals surface area contributed by atoms with Crippen molar-refractivity contribution in [3.63, 3.8) is 0 Å². The van der Waals surface area contributed by atoms with Crippen molar-refractivity contribution < 1.29 is 14.3 Å². The maximum atomic E-state index is 11.2. The summed E-state index contributed by atoms with van der Waals surface area (Å²) in [5, 5.41) is 2.70. The lowest BCUT2D eigenvalue weighted by atomic mass is 10.1. The summed E-state index contributed by atoms with van der Waals surface area (Å²) in [6.45, 7) is 2.10. The first-order valence-electron chi connectivity index (χ1n) is 4.80. The number of carbonyl (C=O) groups is 2. The Morgan fingerprint density at radius 3 is 3.07 bits per heavy atom. The van der Waals surface area contributed by atoms with Gasteiger partial charge >= 0.3 is 5.97 Å². The highest BCUT2D eigenvalue weighted by Gasteiger charge is 2.21. The number of hydrogen-bond donors (Lipinski definition) is 1. The molecule has 15 heavy (non-hydrogen) atoms. The summed E-state index contributed by atoms with van der Waals surface area (Å²) >= 11 is 0. The zero-order chi connectivity index (χ0) is 10.8. The van der Waals surface area contributed by atoms with Gasteiger partial charge in [0.25, 0.3) is 0 Å². The highest BCUT2D eigenvalue weighted by Crippen LogP contribution is 2.23. The summed E-state index contributed by atoms with van der Waals surface area (Å²) in [5.74, 6) is -0.390. The highest BCUT2D eigenvalue weighted by atomic mass is 16.5. The molecule has 0 saturated carbocycles. The Morgan fingerprint density at radius 2 is 2.33 bits per heavy atom. The van der Waals surface area contributed by atoms with Crippen molar-refractivity contribution in [1.82, 2.24) is 0 Å². The molecule has 4 heteroatoms. The van der Waals surface area contributed by atoms with Crippen molar-refractivity contribution >= 4 is 17.6 Å².